The van der Waals surface area contributed by atoms with Crippen LogP contribution in [0.3, 0.4) is 0 Å². The van der Waals surface area contributed by atoms with E-state index in [0.717, 1.165) is 5.56 Å². The number of hydrogen-bond donors (Lipinski definition) is 0. The summed E-state index contributed by atoms with van der Waals surface area (Å²) in [7, 11) is 0. The van der Waals surface area contributed by atoms with E-state index in [1.54, 1.807) is 19.9 Å². The predicted octanol–water partition coefficient (Wildman–Crippen LogP) is 3.49. The standard InChI is InChI=1S/C16H14N4O4/c1-10-8-9-13(14(17-10)20(21)22)23-11(2)15-18-19-16(24-15)12-6-4-3-5-7-12/h3-9,11H,1-2H3/t11-/m0/s1. The van der Waals surface area contributed by atoms with Gasteiger partial charge in [0.2, 0.25) is 11.6 Å². The fourth-order valence-corrected chi connectivity index (χ4v) is 2.09. The van der Waals surface area contributed by atoms with Crippen molar-refractivity contribution in [2.24, 2.45) is 0 Å². The van der Waals surface area contributed by atoms with Crippen LogP contribution in [0, 0.1) is 17.0 Å². The van der Waals surface area contributed by atoms with E-state index in [9.17, 15) is 10.1 Å². The molecule has 122 valence electrons. The van der Waals surface area contributed by atoms with Crippen molar-refractivity contribution in [1.82, 2.24) is 15.2 Å². The van der Waals surface area contributed by atoms with Crippen LogP contribution in [0.5, 0.6) is 5.75 Å². The molecule has 2 heterocycles. The Hall–Kier alpha value is -3.29. The zero-order valence-corrected chi connectivity index (χ0v) is 13.0. The lowest BCUT2D eigenvalue weighted by Gasteiger charge is -2.10. The van der Waals surface area contributed by atoms with Crippen LogP contribution in [0.15, 0.2) is 46.9 Å². The van der Waals surface area contributed by atoms with Crippen molar-refractivity contribution in [1.29, 1.82) is 0 Å². The molecule has 3 aromatic rings. The molecule has 0 bridgehead atoms. The number of nitrogens with zero attached hydrogens (tertiary/aromatic N) is 4. The molecule has 0 radical (unpaired) electrons. The van der Waals surface area contributed by atoms with Crippen molar-refractivity contribution in [3.05, 3.63) is 64.2 Å². The Bertz CT molecular complexity index is 864. The monoisotopic (exact) mass is 326 g/mol. The van der Waals surface area contributed by atoms with Crippen molar-refractivity contribution in [2.75, 3.05) is 0 Å². The Balaban J connectivity index is 1.82. The van der Waals surface area contributed by atoms with Gasteiger partial charge in [0.1, 0.15) is 5.69 Å². The zero-order chi connectivity index (χ0) is 17.1. The Morgan fingerprint density at radius 1 is 1.17 bits per heavy atom. The summed E-state index contributed by atoms with van der Waals surface area (Å²) in [5.41, 5.74) is 1.32. The van der Waals surface area contributed by atoms with Gasteiger partial charge in [-0.2, -0.15) is 0 Å². The molecule has 0 aliphatic rings. The minimum Gasteiger partial charge on any atom is -0.473 e. The molecular weight excluding hydrogens is 312 g/mol. The topological polar surface area (TPSA) is 104 Å². The van der Waals surface area contributed by atoms with Gasteiger partial charge in [-0.25, -0.2) is 0 Å². The highest BCUT2D eigenvalue weighted by molar-refractivity contribution is 5.51. The minimum atomic E-state index is -0.654. The number of ether oxygens (including phenoxy) is 1. The largest absolute Gasteiger partial charge is 0.473 e. The summed E-state index contributed by atoms with van der Waals surface area (Å²) in [6, 6.07) is 12.4. The van der Waals surface area contributed by atoms with Crippen molar-refractivity contribution < 1.29 is 14.1 Å². The lowest BCUT2D eigenvalue weighted by Crippen LogP contribution is -2.06. The van der Waals surface area contributed by atoms with Crippen LogP contribution in [-0.2, 0) is 0 Å². The van der Waals surface area contributed by atoms with E-state index >= 15 is 0 Å². The highest BCUT2D eigenvalue weighted by atomic mass is 16.6. The van der Waals surface area contributed by atoms with E-state index in [0.29, 0.717) is 11.6 Å². The molecule has 0 aliphatic carbocycles. The van der Waals surface area contributed by atoms with Crippen LogP contribution < -0.4 is 4.74 Å². The number of aryl methyl sites for hydroxylation is 1. The molecule has 8 nitrogen and oxygen atoms in total. The number of rotatable bonds is 5. The summed E-state index contributed by atoms with van der Waals surface area (Å²) in [6.07, 6.45) is -0.654. The summed E-state index contributed by atoms with van der Waals surface area (Å²) >= 11 is 0. The molecule has 0 aliphatic heterocycles. The summed E-state index contributed by atoms with van der Waals surface area (Å²) < 4.78 is 11.2. The highest BCUT2D eigenvalue weighted by Gasteiger charge is 2.23. The maximum absolute atomic E-state index is 11.1. The first-order valence-corrected chi connectivity index (χ1v) is 7.22. The molecule has 8 heteroatoms. The maximum atomic E-state index is 11.1. The molecule has 0 N–H and O–H groups in total. The molecule has 0 saturated carbocycles. The van der Waals surface area contributed by atoms with E-state index < -0.39 is 11.0 Å². The summed E-state index contributed by atoms with van der Waals surface area (Å²) in [4.78, 5) is 14.4. The molecule has 0 saturated heterocycles. The van der Waals surface area contributed by atoms with Gasteiger partial charge in [0.15, 0.2) is 6.10 Å². The van der Waals surface area contributed by atoms with Gasteiger partial charge in [-0.1, -0.05) is 18.2 Å². The molecule has 0 unspecified atom stereocenters. The first kappa shape index (κ1) is 15.6. The van der Waals surface area contributed by atoms with Crippen molar-refractivity contribution in [3.8, 4) is 17.2 Å². The third-order valence-electron chi connectivity index (χ3n) is 3.26. The van der Waals surface area contributed by atoms with Crippen LogP contribution in [0.4, 0.5) is 5.82 Å². The first-order chi connectivity index (χ1) is 11.5. The average molecular weight is 326 g/mol. The summed E-state index contributed by atoms with van der Waals surface area (Å²) in [6.45, 7) is 3.34. The molecule has 24 heavy (non-hydrogen) atoms. The molecule has 0 fully saturated rings. The van der Waals surface area contributed by atoms with Crippen molar-refractivity contribution in [3.63, 3.8) is 0 Å². The van der Waals surface area contributed by atoms with Crippen LogP contribution in [-0.4, -0.2) is 20.1 Å². The smallest absolute Gasteiger partial charge is 0.406 e. The van der Waals surface area contributed by atoms with Crippen LogP contribution in [0.25, 0.3) is 11.5 Å². The van der Waals surface area contributed by atoms with Gasteiger partial charge in [-0.15, -0.1) is 10.2 Å². The van der Waals surface area contributed by atoms with Crippen LogP contribution in [0.1, 0.15) is 24.6 Å². The summed E-state index contributed by atoms with van der Waals surface area (Å²) in [5.74, 6) is 0.295. The normalized spacial score (nSPS) is 11.9. The van der Waals surface area contributed by atoms with Crippen LogP contribution in [0.2, 0.25) is 0 Å². The van der Waals surface area contributed by atoms with E-state index in [-0.39, 0.29) is 17.5 Å². The number of aromatic nitrogens is 3. The van der Waals surface area contributed by atoms with Gasteiger partial charge < -0.3 is 19.3 Å². The van der Waals surface area contributed by atoms with E-state index in [1.807, 2.05) is 30.3 Å². The van der Waals surface area contributed by atoms with Gasteiger partial charge in [-0.05, 0) is 41.1 Å². The van der Waals surface area contributed by atoms with Gasteiger partial charge in [-0.3, -0.25) is 0 Å². The quantitative estimate of drug-likeness (QED) is 0.522. The lowest BCUT2D eigenvalue weighted by molar-refractivity contribution is -0.390. The molecule has 1 aromatic carbocycles. The molecular formula is C16H14N4O4. The molecule has 1 atom stereocenters. The van der Waals surface area contributed by atoms with Gasteiger partial charge in [0.05, 0.1) is 0 Å². The van der Waals surface area contributed by atoms with Crippen molar-refractivity contribution in [2.45, 2.75) is 20.0 Å². The van der Waals surface area contributed by atoms with Gasteiger partial charge in [0, 0.05) is 12.5 Å². The Morgan fingerprint density at radius 3 is 2.62 bits per heavy atom. The Kier molecular flexibility index (Phi) is 4.19. The van der Waals surface area contributed by atoms with E-state index in [1.165, 1.54) is 6.07 Å². The molecule has 3 rings (SSSR count). The van der Waals surface area contributed by atoms with E-state index in [4.69, 9.17) is 9.15 Å². The van der Waals surface area contributed by atoms with Gasteiger partial charge in [0.25, 0.3) is 5.89 Å². The molecule has 0 amide bonds. The fourth-order valence-electron chi connectivity index (χ4n) is 2.09. The third kappa shape index (κ3) is 3.22. The third-order valence-corrected chi connectivity index (χ3v) is 3.26. The Morgan fingerprint density at radius 2 is 1.92 bits per heavy atom. The SMILES string of the molecule is Cc1ccc(O[C@@H](C)c2nnc(-c3ccccc3)o2)c([N+](=O)[O-])n1. The average Bonchev–Trinajstić information content (AvgIpc) is 3.07. The van der Waals surface area contributed by atoms with E-state index in [2.05, 4.69) is 15.2 Å². The Labute approximate surface area is 137 Å². The fraction of sp³-hybridized carbons (Fsp3) is 0.188. The molecule has 0 spiro atoms. The lowest BCUT2D eigenvalue weighted by atomic mass is 10.2. The second kappa shape index (κ2) is 6.45. The predicted molar refractivity (Wildman–Crippen MR) is 84.4 cm³/mol. The minimum absolute atomic E-state index is 0.0533. The second-order valence-corrected chi connectivity index (χ2v) is 5.10. The number of hydrogen-bond acceptors (Lipinski definition) is 7. The first-order valence-electron chi connectivity index (χ1n) is 7.22. The van der Waals surface area contributed by atoms with Crippen molar-refractivity contribution >= 4 is 5.82 Å². The number of benzene rings is 1. The second-order valence-electron chi connectivity index (χ2n) is 5.10. The highest BCUT2D eigenvalue weighted by Crippen LogP contribution is 2.30. The number of nitro groups is 1. The van der Waals surface area contributed by atoms with Crippen LogP contribution >= 0.6 is 0 Å². The van der Waals surface area contributed by atoms with Gasteiger partial charge >= 0.3 is 5.82 Å². The molecule has 2 aromatic heterocycles. The number of pyridine rings is 1. The summed E-state index contributed by atoms with van der Waals surface area (Å²) in [5, 5.41) is 19.0. The maximum Gasteiger partial charge on any atom is 0.406 e. The zero-order valence-electron chi connectivity index (χ0n) is 13.0.